The Balaban J connectivity index is 1.75. The van der Waals surface area contributed by atoms with Gasteiger partial charge in [-0.25, -0.2) is 0 Å². The van der Waals surface area contributed by atoms with E-state index in [2.05, 4.69) is 10.00 Å². The predicted octanol–water partition coefficient (Wildman–Crippen LogP) is 0.450. The Morgan fingerprint density at radius 1 is 1.26 bits per heavy atom. The van der Waals surface area contributed by atoms with Gasteiger partial charge in [0, 0.05) is 45.8 Å². The molecule has 0 atom stereocenters. The molecule has 1 aliphatic rings. The van der Waals surface area contributed by atoms with Crippen molar-refractivity contribution in [2.75, 3.05) is 39.3 Å². The van der Waals surface area contributed by atoms with Crippen LogP contribution in [0.25, 0.3) is 0 Å². The van der Waals surface area contributed by atoms with Crippen LogP contribution < -0.4 is 0 Å². The number of hydrogen-bond acceptors (Lipinski definition) is 5. The molecule has 7 heteroatoms. The topological polar surface area (TPSA) is 67.7 Å². The van der Waals surface area contributed by atoms with Crippen molar-refractivity contribution < 1.29 is 14.3 Å². The summed E-state index contributed by atoms with van der Waals surface area (Å²) in [5.74, 6) is -0.0179. The fourth-order valence-corrected chi connectivity index (χ4v) is 2.78. The molecule has 1 saturated heterocycles. The Kier molecular flexibility index (Phi) is 6.58. The van der Waals surface area contributed by atoms with Crippen LogP contribution in [0, 0.1) is 0 Å². The quantitative estimate of drug-likeness (QED) is 0.712. The average molecular weight is 322 g/mol. The molecule has 1 aromatic heterocycles. The Morgan fingerprint density at radius 2 is 2.09 bits per heavy atom. The van der Waals surface area contributed by atoms with Gasteiger partial charge in [0.2, 0.25) is 5.91 Å². The van der Waals surface area contributed by atoms with E-state index >= 15 is 0 Å². The van der Waals surface area contributed by atoms with Crippen LogP contribution in [0.4, 0.5) is 0 Å². The Bertz CT molecular complexity index is 529. The first kappa shape index (κ1) is 17.5. The van der Waals surface area contributed by atoms with E-state index in [4.69, 9.17) is 4.74 Å². The highest BCUT2D eigenvalue weighted by atomic mass is 16.5. The average Bonchev–Trinajstić information content (AvgIpc) is 2.79. The molecule has 0 aromatic carbocycles. The number of esters is 1. The lowest BCUT2D eigenvalue weighted by molar-refractivity contribution is -0.144. The third-order valence-corrected chi connectivity index (χ3v) is 3.99. The lowest BCUT2D eigenvalue weighted by Gasteiger charge is -2.21. The number of ether oxygens (including phenoxy) is 1. The van der Waals surface area contributed by atoms with E-state index in [1.54, 1.807) is 10.9 Å². The summed E-state index contributed by atoms with van der Waals surface area (Å²) in [5.41, 5.74) is 1.08. The maximum atomic E-state index is 12.4. The second-order valence-electron chi connectivity index (χ2n) is 5.84. The third kappa shape index (κ3) is 5.67. The van der Waals surface area contributed by atoms with Crippen molar-refractivity contribution in [1.82, 2.24) is 19.6 Å². The van der Waals surface area contributed by atoms with E-state index in [0.717, 1.165) is 38.0 Å². The van der Waals surface area contributed by atoms with Gasteiger partial charge in [0.05, 0.1) is 19.3 Å². The first-order valence-electron chi connectivity index (χ1n) is 8.21. The zero-order valence-electron chi connectivity index (χ0n) is 14.0. The molecular weight excluding hydrogens is 296 g/mol. The minimum Gasteiger partial charge on any atom is -0.465 e. The maximum Gasteiger partial charge on any atom is 0.320 e. The van der Waals surface area contributed by atoms with Crippen LogP contribution in [0.2, 0.25) is 0 Å². The van der Waals surface area contributed by atoms with Gasteiger partial charge in [0.15, 0.2) is 0 Å². The number of amides is 1. The van der Waals surface area contributed by atoms with Crippen molar-refractivity contribution in [3.05, 3.63) is 18.0 Å². The molecule has 23 heavy (non-hydrogen) atoms. The first-order chi connectivity index (χ1) is 11.1. The molecule has 0 bridgehead atoms. The summed E-state index contributed by atoms with van der Waals surface area (Å²) in [6.07, 6.45) is 5.85. The molecule has 0 radical (unpaired) electrons. The van der Waals surface area contributed by atoms with E-state index in [0.29, 0.717) is 26.1 Å². The van der Waals surface area contributed by atoms with Gasteiger partial charge in [0.25, 0.3) is 0 Å². The van der Waals surface area contributed by atoms with Gasteiger partial charge in [0.1, 0.15) is 0 Å². The summed E-state index contributed by atoms with van der Waals surface area (Å²) < 4.78 is 6.73. The highest BCUT2D eigenvalue weighted by Gasteiger charge is 2.20. The van der Waals surface area contributed by atoms with E-state index < -0.39 is 0 Å². The standard InChI is InChI=1S/C16H26N4O3/c1-3-23-16(22)13-19-7-4-8-20(10-9-19)15(21)6-5-14-11-17-18(2)12-14/h11-12H,3-10,13H2,1-2H3. The highest BCUT2D eigenvalue weighted by Crippen LogP contribution is 2.08. The van der Waals surface area contributed by atoms with Gasteiger partial charge in [-0.15, -0.1) is 0 Å². The van der Waals surface area contributed by atoms with Gasteiger partial charge in [-0.05, 0) is 25.3 Å². The molecule has 7 nitrogen and oxygen atoms in total. The third-order valence-electron chi connectivity index (χ3n) is 3.99. The number of nitrogens with zero attached hydrogens (tertiary/aromatic N) is 4. The molecule has 1 fully saturated rings. The van der Waals surface area contributed by atoms with Crippen LogP contribution in [-0.2, 0) is 27.8 Å². The molecule has 2 rings (SSSR count). The van der Waals surface area contributed by atoms with Gasteiger partial charge in [-0.3, -0.25) is 19.2 Å². The molecule has 1 aromatic rings. The van der Waals surface area contributed by atoms with Gasteiger partial charge in [-0.1, -0.05) is 0 Å². The van der Waals surface area contributed by atoms with Crippen molar-refractivity contribution in [3.63, 3.8) is 0 Å². The highest BCUT2D eigenvalue weighted by molar-refractivity contribution is 5.76. The van der Waals surface area contributed by atoms with Crippen molar-refractivity contribution >= 4 is 11.9 Å². The largest absolute Gasteiger partial charge is 0.465 e. The van der Waals surface area contributed by atoms with Gasteiger partial charge in [-0.2, -0.15) is 5.10 Å². The zero-order chi connectivity index (χ0) is 16.7. The molecule has 1 amide bonds. The van der Waals surface area contributed by atoms with Crippen LogP contribution in [-0.4, -0.2) is 70.8 Å². The molecule has 1 aliphatic heterocycles. The fraction of sp³-hybridized carbons (Fsp3) is 0.688. The summed E-state index contributed by atoms with van der Waals surface area (Å²) in [7, 11) is 1.87. The van der Waals surface area contributed by atoms with Crippen molar-refractivity contribution in [3.8, 4) is 0 Å². The van der Waals surface area contributed by atoms with E-state index in [1.807, 2.05) is 25.1 Å². The van der Waals surface area contributed by atoms with E-state index in [1.165, 1.54) is 0 Å². The summed E-state index contributed by atoms with van der Waals surface area (Å²) in [6.45, 7) is 5.50. The summed E-state index contributed by atoms with van der Waals surface area (Å²) in [6, 6.07) is 0. The number of rotatable bonds is 6. The minimum absolute atomic E-state index is 0.173. The van der Waals surface area contributed by atoms with Crippen LogP contribution in [0.1, 0.15) is 25.3 Å². The molecule has 0 N–H and O–H groups in total. The second kappa shape index (κ2) is 8.67. The normalized spacial score (nSPS) is 16.2. The molecular formula is C16H26N4O3. The van der Waals surface area contributed by atoms with Gasteiger partial charge < -0.3 is 9.64 Å². The Morgan fingerprint density at radius 3 is 2.78 bits per heavy atom. The van der Waals surface area contributed by atoms with Crippen LogP contribution in [0.15, 0.2) is 12.4 Å². The summed E-state index contributed by atoms with van der Waals surface area (Å²) in [5, 5.41) is 4.12. The lowest BCUT2D eigenvalue weighted by Crippen LogP contribution is -2.37. The van der Waals surface area contributed by atoms with Crippen molar-refractivity contribution in [2.45, 2.75) is 26.2 Å². The SMILES string of the molecule is CCOC(=O)CN1CCCN(C(=O)CCc2cnn(C)c2)CC1. The zero-order valence-corrected chi connectivity index (χ0v) is 14.0. The van der Waals surface area contributed by atoms with Crippen LogP contribution in [0.5, 0.6) is 0 Å². The first-order valence-corrected chi connectivity index (χ1v) is 8.21. The number of hydrogen-bond donors (Lipinski definition) is 0. The molecule has 0 unspecified atom stereocenters. The number of aromatic nitrogens is 2. The second-order valence-corrected chi connectivity index (χ2v) is 5.84. The van der Waals surface area contributed by atoms with Crippen LogP contribution >= 0.6 is 0 Å². The van der Waals surface area contributed by atoms with Gasteiger partial charge >= 0.3 is 5.97 Å². The molecule has 2 heterocycles. The molecule has 128 valence electrons. The minimum atomic E-state index is -0.191. The molecule has 0 saturated carbocycles. The number of carbonyl (C=O) groups is 2. The molecule has 0 aliphatic carbocycles. The monoisotopic (exact) mass is 322 g/mol. The number of aryl methyl sites for hydroxylation is 2. The summed E-state index contributed by atoms with van der Waals surface area (Å²) >= 11 is 0. The molecule has 0 spiro atoms. The Hall–Kier alpha value is -1.89. The maximum absolute atomic E-state index is 12.4. The predicted molar refractivity (Wildman–Crippen MR) is 85.8 cm³/mol. The van der Waals surface area contributed by atoms with Crippen molar-refractivity contribution in [1.29, 1.82) is 0 Å². The van der Waals surface area contributed by atoms with E-state index in [-0.39, 0.29) is 11.9 Å². The number of carbonyl (C=O) groups excluding carboxylic acids is 2. The lowest BCUT2D eigenvalue weighted by atomic mass is 10.2. The van der Waals surface area contributed by atoms with E-state index in [9.17, 15) is 9.59 Å². The van der Waals surface area contributed by atoms with Crippen LogP contribution in [0.3, 0.4) is 0 Å². The summed E-state index contributed by atoms with van der Waals surface area (Å²) in [4.78, 5) is 27.9. The Labute approximate surface area is 137 Å². The fourth-order valence-electron chi connectivity index (χ4n) is 2.78. The van der Waals surface area contributed by atoms with Crippen molar-refractivity contribution in [2.24, 2.45) is 7.05 Å². The smallest absolute Gasteiger partial charge is 0.320 e.